The molecule has 1 aromatic heterocycles. The van der Waals surface area contributed by atoms with E-state index in [1.165, 1.54) is 6.33 Å². The summed E-state index contributed by atoms with van der Waals surface area (Å²) >= 11 is 0. The van der Waals surface area contributed by atoms with Gasteiger partial charge in [0.05, 0.1) is 20.8 Å². The van der Waals surface area contributed by atoms with Crippen molar-refractivity contribution in [2.45, 2.75) is 13.0 Å². The second kappa shape index (κ2) is 10.7. The average molecular weight is 460 g/mol. The fraction of sp³-hybridized carbons (Fsp3) is 0.438. The molecule has 0 aliphatic heterocycles. The molecule has 0 saturated carbocycles. The van der Waals surface area contributed by atoms with E-state index in [4.69, 9.17) is 9.47 Å². The fourth-order valence-corrected chi connectivity index (χ4v) is 2.22. The normalized spacial score (nSPS) is 10.8. The maximum atomic E-state index is 5.32. The molecule has 25 heavy (non-hydrogen) atoms. The van der Waals surface area contributed by atoms with Gasteiger partial charge in [0.25, 0.3) is 0 Å². The van der Waals surface area contributed by atoms with Crippen molar-refractivity contribution in [2.75, 3.05) is 27.8 Å². The number of rotatable bonds is 7. The fourth-order valence-electron chi connectivity index (χ4n) is 2.22. The van der Waals surface area contributed by atoms with Crippen LogP contribution in [0.3, 0.4) is 0 Å². The third-order valence-corrected chi connectivity index (χ3v) is 3.60. The van der Waals surface area contributed by atoms with E-state index < -0.39 is 0 Å². The Morgan fingerprint density at radius 2 is 1.96 bits per heavy atom. The van der Waals surface area contributed by atoms with Crippen LogP contribution in [0, 0.1) is 0 Å². The molecule has 0 spiro atoms. The van der Waals surface area contributed by atoms with Crippen LogP contribution in [-0.2, 0) is 20.0 Å². The Balaban J connectivity index is 0.00000312. The summed E-state index contributed by atoms with van der Waals surface area (Å²) in [5.74, 6) is 3.03. The summed E-state index contributed by atoms with van der Waals surface area (Å²) in [5.41, 5.74) is 1.16. The van der Waals surface area contributed by atoms with Crippen molar-refractivity contribution >= 4 is 29.9 Å². The first-order valence-electron chi connectivity index (χ1n) is 7.66. The van der Waals surface area contributed by atoms with Crippen LogP contribution in [-0.4, -0.2) is 48.5 Å². The minimum absolute atomic E-state index is 0. The molecular weight excluding hydrogens is 435 g/mol. The van der Waals surface area contributed by atoms with Gasteiger partial charge in [-0.15, -0.1) is 24.0 Å². The van der Waals surface area contributed by atoms with Crippen LogP contribution in [0.15, 0.2) is 29.5 Å². The molecule has 1 heterocycles. The number of methoxy groups -OCH3 is 2. The first kappa shape index (κ1) is 21.0. The number of benzene rings is 1. The summed E-state index contributed by atoms with van der Waals surface area (Å²) in [6.45, 7) is 1.31. The molecule has 8 nitrogen and oxygen atoms in total. The highest BCUT2D eigenvalue weighted by Crippen LogP contribution is 2.27. The lowest BCUT2D eigenvalue weighted by molar-refractivity contribution is 0.354. The Kier molecular flexibility index (Phi) is 9.03. The van der Waals surface area contributed by atoms with E-state index in [9.17, 15) is 0 Å². The lowest BCUT2D eigenvalue weighted by Crippen LogP contribution is -2.38. The zero-order valence-corrected chi connectivity index (χ0v) is 17.3. The highest BCUT2D eigenvalue weighted by atomic mass is 127. The molecular formula is C16H25IN6O2. The lowest BCUT2D eigenvalue weighted by Gasteiger charge is -2.12. The van der Waals surface area contributed by atoms with Crippen LogP contribution in [0.2, 0.25) is 0 Å². The summed E-state index contributed by atoms with van der Waals surface area (Å²) < 4.78 is 12.3. The van der Waals surface area contributed by atoms with E-state index in [-0.39, 0.29) is 24.0 Å². The SMILES string of the molecule is CN=C(NCCc1ccc(OC)c(OC)c1)NCc1ncnn1C.I. The van der Waals surface area contributed by atoms with Gasteiger partial charge in [0.15, 0.2) is 17.5 Å². The van der Waals surface area contributed by atoms with Gasteiger partial charge in [-0.3, -0.25) is 9.67 Å². The number of ether oxygens (including phenoxy) is 2. The van der Waals surface area contributed by atoms with Crippen molar-refractivity contribution in [1.82, 2.24) is 25.4 Å². The zero-order chi connectivity index (χ0) is 17.4. The Hall–Kier alpha value is -2.04. The standard InChI is InChI=1S/C16H24N6O2.HI/c1-17-16(19-10-15-20-11-21-22(15)2)18-8-7-12-5-6-13(23-3)14(9-12)24-4;/h5-6,9,11H,7-8,10H2,1-4H3,(H2,17,18,19);1H. The van der Waals surface area contributed by atoms with Crippen molar-refractivity contribution in [3.63, 3.8) is 0 Å². The summed E-state index contributed by atoms with van der Waals surface area (Å²) in [7, 11) is 6.86. The Labute approximate surface area is 165 Å². The predicted molar refractivity (Wildman–Crippen MR) is 108 cm³/mol. The van der Waals surface area contributed by atoms with Crippen LogP contribution < -0.4 is 20.1 Å². The number of nitrogens with zero attached hydrogens (tertiary/aromatic N) is 4. The molecule has 2 rings (SSSR count). The monoisotopic (exact) mass is 460 g/mol. The minimum atomic E-state index is 0. The lowest BCUT2D eigenvalue weighted by atomic mass is 10.1. The summed E-state index contributed by atoms with van der Waals surface area (Å²) in [6, 6.07) is 5.92. The van der Waals surface area contributed by atoms with Crippen molar-refractivity contribution in [3.8, 4) is 11.5 Å². The van der Waals surface area contributed by atoms with E-state index in [1.54, 1.807) is 25.9 Å². The molecule has 0 bridgehead atoms. The number of hydrogen-bond acceptors (Lipinski definition) is 5. The topological polar surface area (TPSA) is 85.6 Å². The van der Waals surface area contributed by atoms with Gasteiger partial charge in [0, 0.05) is 20.6 Å². The average Bonchev–Trinajstić information content (AvgIpc) is 3.02. The Morgan fingerprint density at radius 3 is 2.56 bits per heavy atom. The number of guanidine groups is 1. The van der Waals surface area contributed by atoms with E-state index in [0.29, 0.717) is 6.54 Å². The van der Waals surface area contributed by atoms with Crippen LogP contribution in [0.4, 0.5) is 0 Å². The van der Waals surface area contributed by atoms with Gasteiger partial charge in [-0.25, -0.2) is 4.98 Å². The van der Waals surface area contributed by atoms with E-state index in [1.807, 2.05) is 25.2 Å². The van der Waals surface area contributed by atoms with Crippen molar-refractivity contribution in [3.05, 3.63) is 35.9 Å². The Morgan fingerprint density at radius 1 is 1.20 bits per heavy atom. The number of aliphatic imine (C=N–C) groups is 1. The maximum Gasteiger partial charge on any atom is 0.191 e. The first-order chi connectivity index (χ1) is 11.7. The number of halogens is 1. The third kappa shape index (κ3) is 6.07. The highest BCUT2D eigenvalue weighted by Gasteiger charge is 2.05. The third-order valence-electron chi connectivity index (χ3n) is 3.60. The van der Waals surface area contributed by atoms with Gasteiger partial charge in [-0.05, 0) is 24.1 Å². The van der Waals surface area contributed by atoms with Gasteiger partial charge in [0.1, 0.15) is 12.2 Å². The molecule has 0 unspecified atom stereocenters. The van der Waals surface area contributed by atoms with Crippen molar-refractivity contribution < 1.29 is 9.47 Å². The summed E-state index contributed by atoms with van der Waals surface area (Å²) in [6.07, 6.45) is 2.37. The zero-order valence-electron chi connectivity index (χ0n) is 14.9. The molecule has 0 fully saturated rings. The van der Waals surface area contributed by atoms with Crippen LogP contribution in [0.25, 0.3) is 0 Å². The van der Waals surface area contributed by atoms with Crippen molar-refractivity contribution in [1.29, 1.82) is 0 Å². The summed E-state index contributed by atoms with van der Waals surface area (Å²) in [4.78, 5) is 8.37. The molecule has 2 aromatic rings. The molecule has 0 aliphatic rings. The maximum absolute atomic E-state index is 5.32. The van der Waals surface area contributed by atoms with E-state index in [0.717, 1.165) is 41.8 Å². The number of aromatic nitrogens is 3. The predicted octanol–water partition coefficient (Wildman–Crippen LogP) is 1.36. The molecule has 138 valence electrons. The van der Waals surface area contributed by atoms with Gasteiger partial charge < -0.3 is 20.1 Å². The quantitative estimate of drug-likeness (QED) is 0.369. The smallest absolute Gasteiger partial charge is 0.191 e. The molecule has 2 N–H and O–H groups in total. The highest BCUT2D eigenvalue weighted by molar-refractivity contribution is 14.0. The first-order valence-corrected chi connectivity index (χ1v) is 7.66. The Bertz CT molecular complexity index is 689. The molecule has 1 aromatic carbocycles. The van der Waals surface area contributed by atoms with Gasteiger partial charge in [-0.2, -0.15) is 5.10 Å². The van der Waals surface area contributed by atoms with Crippen LogP contribution >= 0.6 is 24.0 Å². The summed E-state index contributed by atoms with van der Waals surface area (Å²) in [5, 5.41) is 10.5. The van der Waals surface area contributed by atoms with E-state index in [2.05, 4.69) is 25.7 Å². The second-order valence-electron chi connectivity index (χ2n) is 5.09. The largest absolute Gasteiger partial charge is 0.493 e. The second-order valence-corrected chi connectivity index (χ2v) is 5.09. The molecule has 0 amide bonds. The van der Waals surface area contributed by atoms with E-state index >= 15 is 0 Å². The minimum Gasteiger partial charge on any atom is -0.493 e. The van der Waals surface area contributed by atoms with Crippen molar-refractivity contribution in [2.24, 2.45) is 12.0 Å². The van der Waals surface area contributed by atoms with Gasteiger partial charge in [-0.1, -0.05) is 6.07 Å². The number of aryl methyl sites for hydroxylation is 1. The van der Waals surface area contributed by atoms with Gasteiger partial charge >= 0.3 is 0 Å². The van der Waals surface area contributed by atoms with Crippen LogP contribution in [0.5, 0.6) is 11.5 Å². The van der Waals surface area contributed by atoms with Gasteiger partial charge in [0.2, 0.25) is 0 Å². The number of hydrogen-bond donors (Lipinski definition) is 2. The molecule has 0 aliphatic carbocycles. The molecule has 0 radical (unpaired) electrons. The van der Waals surface area contributed by atoms with Crippen LogP contribution in [0.1, 0.15) is 11.4 Å². The molecule has 9 heteroatoms. The number of nitrogens with one attached hydrogen (secondary N) is 2. The molecule has 0 atom stereocenters. The molecule has 0 saturated heterocycles.